The number of rotatable bonds is 10. The number of benzene rings is 1. The minimum Gasteiger partial charge on any atom is -0.426 e. The fourth-order valence-electron chi connectivity index (χ4n) is 3.89. The third-order valence-electron chi connectivity index (χ3n) is 5.56. The van der Waals surface area contributed by atoms with E-state index in [-0.39, 0.29) is 16.7 Å². The van der Waals surface area contributed by atoms with Crippen molar-refractivity contribution in [1.29, 1.82) is 0 Å². The van der Waals surface area contributed by atoms with E-state index in [1.807, 2.05) is 0 Å². The molecule has 0 heterocycles. The summed E-state index contributed by atoms with van der Waals surface area (Å²) in [7, 11) is 0. The molecule has 0 unspecified atom stereocenters. The van der Waals surface area contributed by atoms with Crippen molar-refractivity contribution in [3.8, 4) is 5.75 Å². The number of halogens is 2. The second-order valence-corrected chi connectivity index (χ2v) is 8.09. The molecule has 0 radical (unpaired) electrons. The summed E-state index contributed by atoms with van der Waals surface area (Å²) >= 11 is 5.63. The van der Waals surface area contributed by atoms with Crippen molar-refractivity contribution in [1.82, 2.24) is 0 Å². The lowest BCUT2D eigenvalue weighted by molar-refractivity contribution is -0.134. The van der Waals surface area contributed by atoms with Gasteiger partial charge < -0.3 is 4.74 Å². The SMILES string of the molecule is CCCCCCCC1CCC(CCC(=O)Oc2ccc(Cl)c(F)c2)CC1. The molecule has 146 valence electrons. The molecule has 2 nitrogen and oxygen atoms in total. The Morgan fingerprint density at radius 2 is 1.73 bits per heavy atom. The fraction of sp³-hybridized carbons (Fsp3) is 0.682. The Hall–Kier alpha value is -1.09. The van der Waals surface area contributed by atoms with Gasteiger partial charge in [0.25, 0.3) is 0 Å². The van der Waals surface area contributed by atoms with Crippen molar-refractivity contribution in [2.45, 2.75) is 84.0 Å². The number of hydrogen-bond donors (Lipinski definition) is 0. The molecule has 0 aliphatic heterocycles. The molecule has 2 rings (SSSR count). The molecule has 1 aromatic rings. The van der Waals surface area contributed by atoms with Crippen molar-refractivity contribution in [2.24, 2.45) is 11.8 Å². The average molecular weight is 383 g/mol. The largest absolute Gasteiger partial charge is 0.426 e. The van der Waals surface area contributed by atoms with E-state index in [9.17, 15) is 9.18 Å². The highest BCUT2D eigenvalue weighted by Gasteiger charge is 2.21. The number of esters is 1. The molecule has 4 heteroatoms. The first-order valence-electron chi connectivity index (χ1n) is 10.2. The van der Waals surface area contributed by atoms with E-state index < -0.39 is 5.82 Å². The Morgan fingerprint density at radius 1 is 1.08 bits per heavy atom. The topological polar surface area (TPSA) is 26.3 Å². The van der Waals surface area contributed by atoms with Gasteiger partial charge in [-0.3, -0.25) is 4.79 Å². The van der Waals surface area contributed by atoms with Crippen LogP contribution in [0.15, 0.2) is 18.2 Å². The molecule has 0 atom stereocenters. The lowest BCUT2D eigenvalue weighted by atomic mass is 9.78. The summed E-state index contributed by atoms with van der Waals surface area (Å²) in [6.45, 7) is 2.25. The molecule has 1 aliphatic rings. The van der Waals surface area contributed by atoms with Crippen LogP contribution >= 0.6 is 11.6 Å². The summed E-state index contributed by atoms with van der Waals surface area (Å²) in [5, 5.41) is 0.0342. The van der Waals surface area contributed by atoms with Crippen LogP contribution in [-0.4, -0.2) is 5.97 Å². The van der Waals surface area contributed by atoms with Crippen LogP contribution in [0.3, 0.4) is 0 Å². The zero-order valence-corrected chi connectivity index (χ0v) is 16.7. The normalized spacial score (nSPS) is 20.1. The third-order valence-corrected chi connectivity index (χ3v) is 5.87. The fourth-order valence-corrected chi connectivity index (χ4v) is 4.01. The Morgan fingerprint density at radius 3 is 2.38 bits per heavy atom. The van der Waals surface area contributed by atoms with Crippen LogP contribution in [0.2, 0.25) is 5.02 Å². The van der Waals surface area contributed by atoms with Gasteiger partial charge in [-0.1, -0.05) is 82.7 Å². The summed E-state index contributed by atoms with van der Waals surface area (Å²) in [4.78, 5) is 12.0. The van der Waals surface area contributed by atoms with Gasteiger partial charge >= 0.3 is 5.97 Å². The summed E-state index contributed by atoms with van der Waals surface area (Å²) in [5.74, 6) is 0.885. The molecule has 0 bridgehead atoms. The smallest absolute Gasteiger partial charge is 0.311 e. The minimum absolute atomic E-state index is 0.0342. The van der Waals surface area contributed by atoms with E-state index in [0.717, 1.165) is 18.4 Å². The van der Waals surface area contributed by atoms with Crippen LogP contribution in [0.1, 0.15) is 84.0 Å². The average Bonchev–Trinajstić information content (AvgIpc) is 2.64. The van der Waals surface area contributed by atoms with Crippen LogP contribution in [0, 0.1) is 17.7 Å². The number of carbonyl (C=O) groups is 1. The molecule has 0 spiro atoms. The number of unbranched alkanes of at least 4 members (excludes halogenated alkanes) is 4. The van der Waals surface area contributed by atoms with E-state index in [4.69, 9.17) is 16.3 Å². The highest BCUT2D eigenvalue weighted by molar-refractivity contribution is 6.30. The van der Waals surface area contributed by atoms with Crippen LogP contribution in [0.4, 0.5) is 4.39 Å². The van der Waals surface area contributed by atoms with Crippen molar-refractivity contribution >= 4 is 17.6 Å². The Balaban J connectivity index is 1.59. The molecule has 0 amide bonds. The Labute approximate surface area is 162 Å². The second-order valence-electron chi connectivity index (χ2n) is 7.68. The Kier molecular flexibility index (Phi) is 9.45. The molecular formula is C22H32ClFO2. The molecule has 1 fully saturated rings. The molecule has 0 aromatic heterocycles. The number of ether oxygens (including phenoxy) is 1. The number of carbonyl (C=O) groups excluding carboxylic acids is 1. The monoisotopic (exact) mass is 382 g/mol. The van der Waals surface area contributed by atoms with Crippen LogP contribution in [-0.2, 0) is 4.79 Å². The third kappa shape index (κ3) is 7.65. The first-order chi connectivity index (χ1) is 12.6. The van der Waals surface area contributed by atoms with Crippen LogP contribution in [0.25, 0.3) is 0 Å². The van der Waals surface area contributed by atoms with Gasteiger partial charge in [0.1, 0.15) is 11.6 Å². The zero-order valence-electron chi connectivity index (χ0n) is 15.9. The first-order valence-corrected chi connectivity index (χ1v) is 10.6. The molecule has 0 saturated heterocycles. The van der Waals surface area contributed by atoms with Gasteiger partial charge in [-0.25, -0.2) is 4.39 Å². The minimum atomic E-state index is -0.565. The lowest BCUT2D eigenvalue weighted by Crippen LogP contribution is -2.17. The van der Waals surface area contributed by atoms with Gasteiger partial charge in [0.2, 0.25) is 0 Å². The van der Waals surface area contributed by atoms with Gasteiger partial charge in [-0.15, -0.1) is 0 Å². The van der Waals surface area contributed by atoms with E-state index in [1.165, 1.54) is 76.3 Å². The van der Waals surface area contributed by atoms with Crippen LogP contribution < -0.4 is 4.74 Å². The number of hydrogen-bond acceptors (Lipinski definition) is 2. The maximum Gasteiger partial charge on any atom is 0.311 e. The van der Waals surface area contributed by atoms with Crippen molar-refractivity contribution in [3.63, 3.8) is 0 Å². The molecular weight excluding hydrogens is 351 g/mol. The van der Waals surface area contributed by atoms with Crippen molar-refractivity contribution in [3.05, 3.63) is 29.0 Å². The van der Waals surface area contributed by atoms with E-state index in [2.05, 4.69) is 6.92 Å². The van der Waals surface area contributed by atoms with Crippen molar-refractivity contribution < 1.29 is 13.9 Å². The maximum absolute atomic E-state index is 13.4. The van der Waals surface area contributed by atoms with E-state index in [0.29, 0.717) is 12.3 Å². The summed E-state index contributed by atoms with van der Waals surface area (Å²) in [5.41, 5.74) is 0. The van der Waals surface area contributed by atoms with Crippen molar-refractivity contribution in [2.75, 3.05) is 0 Å². The highest BCUT2D eigenvalue weighted by atomic mass is 35.5. The summed E-state index contributed by atoms with van der Waals surface area (Å²) < 4.78 is 18.6. The quantitative estimate of drug-likeness (QED) is 0.240. The predicted molar refractivity (Wildman–Crippen MR) is 105 cm³/mol. The zero-order chi connectivity index (χ0) is 18.8. The second kappa shape index (κ2) is 11.6. The van der Waals surface area contributed by atoms with Gasteiger partial charge in [0.15, 0.2) is 0 Å². The molecule has 0 N–H and O–H groups in total. The summed E-state index contributed by atoms with van der Waals surface area (Å²) in [6.07, 6.45) is 14.5. The molecule has 1 aliphatic carbocycles. The van der Waals surface area contributed by atoms with Gasteiger partial charge in [-0.05, 0) is 30.4 Å². The molecule has 1 saturated carbocycles. The van der Waals surface area contributed by atoms with Gasteiger partial charge in [0.05, 0.1) is 5.02 Å². The maximum atomic E-state index is 13.4. The van der Waals surface area contributed by atoms with E-state index >= 15 is 0 Å². The van der Waals surface area contributed by atoms with Crippen LogP contribution in [0.5, 0.6) is 5.75 Å². The summed E-state index contributed by atoms with van der Waals surface area (Å²) in [6, 6.07) is 4.09. The highest BCUT2D eigenvalue weighted by Crippen LogP contribution is 2.34. The lowest BCUT2D eigenvalue weighted by Gasteiger charge is -2.28. The predicted octanol–water partition coefficient (Wildman–Crippen LogP) is 7.33. The Bertz CT molecular complexity index is 553. The van der Waals surface area contributed by atoms with Gasteiger partial charge in [-0.2, -0.15) is 0 Å². The van der Waals surface area contributed by atoms with Gasteiger partial charge in [0, 0.05) is 12.5 Å². The molecule has 1 aromatic carbocycles. The first kappa shape index (κ1) is 21.2. The van der Waals surface area contributed by atoms with E-state index in [1.54, 1.807) is 0 Å². The standard InChI is InChI=1S/C22H32ClFO2/c1-2-3-4-5-6-7-17-8-10-18(11-9-17)12-15-22(25)26-19-13-14-20(23)21(24)16-19/h13-14,16-18H,2-12,15H2,1H3. The molecule has 26 heavy (non-hydrogen) atoms.